The number of hydrogen-bond donors (Lipinski definition) is 1. The van der Waals surface area contributed by atoms with E-state index in [1.165, 1.54) is 22.2 Å². The number of H-pyrrole nitrogens is 1. The number of carbonyl (C=O) groups excluding carboxylic acids is 2. The van der Waals surface area contributed by atoms with Crippen molar-refractivity contribution in [1.82, 2.24) is 14.8 Å². The van der Waals surface area contributed by atoms with Gasteiger partial charge in [0, 0.05) is 28.2 Å². The Morgan fingerprint density at radius 2 is 1.32 bits per heavy atom. The molecule has 0 bridgehead atoms. The van der Waals surface area contributed by atoms with Crippen LogP contribution in [0.15, 0.2) is 22.1 Å². The Labute approximate surface area is 111 Å². The van der Waals surface area contributed by atoms with Gasteiger partial charge in [0.15, 0.2) is 0 Å². The number of aliphatic imine (C=N–C) groups is 2. The van der Waals surface area contributed by atoms with Crippen molar-refractivity contribution in [2.45, 2.75) is 0 Å². The SMILES string of the molecule is CN(C)C(=O)N=Cc1ccc(C=NC(=O)N(C)C)[nH]1. The van der Waals surface area contributed by atoms with Crippen molar-refractivity contribution >= 4 is 24.5 Å². The van der Waals surface area contributed by atoms with Crippen molar-refractivity contribution in [3.63, 3.8) is 0 Å². The van der Waals surface area contributed by atoms with E-state index in [4.69, 9.17) is 0 Å². The first kappa shape index (κ1) is 14.6. The third-order valence-corrected chi connectivity index (χ3v) is 2.12. The summed E-state index contributed by atoms with van der Waals surface area (Å²) in [6.45, 7) is 0. The minimum absolute atomic E-state index is 0.340. The fraction of sp³-hybridized carbons (Fsp3) is 0.333. The number of aromatic nitrogens is 1. The van der Waals surface area contributed by atoms with Crippen LogP contribution in [-0.2, 0) is 0 Å². The lowest BCUT2D eigenvalue weighted by atomic mass is 10.4. The average Bonchev–Trinajstić information content (AvgIpc) is 2.80. The molecule has 0 fully saturated rings. The monoisotopic (exact) mass is 263 g/mol. The van der Waals surface area contributed by atoms with Crippen LogP contribution in [0.2, 0.25) is 0 Å². The molecule has 0 spiro atoms. The first-order valence-corrected chi connectivity index (χ1v) is 5.60. The number of hydrogen-bond acceptors (Lipinski definition) is 2. The number of rotatable bonds is 2. The number of carbonyl (C=O) groups is 2. The third kappa shape index (κ3) is 4.74. The Hall–Kier alpha value is -2.44. The molecule has 1 aromatic heterocycles. The van der Waals surface area contributed by atoms with E-state index < -0.39 is 0 Å². The van der Waals surface area contributed by atoms with Crippen LogP contribution in [-0.4, -0.2) is 67.5 Å². The number of aromatic amines is 1. The molecule has 1 N–H and O–H groups in total. The zero-order valence-corrected chi connectivity index (χ0v) is 11.4. The summed E-state index contributed by atoms with van der Waals surface area (Å²) >= 11 is 0. The summed E-state index contributed by atoms with van der Waals surface area (Å²) in [5, 5.41) is 0. The van der Waals surface area contributed by atoms with Crippen LogP contribution in [0.1, 0.15) is 11.4 Å². The number of nitrogens with one attached hydrogen (secondary N) is 1. The molecule has 102 valence electrons. The molecule has 1 heterocycles. The van der Waals surface area contributed by atoms with Crippen LogP contribution in [0.25, 0.3) is 0 Å². The maximum atomic E-state index is 11.3. The smallest absolute Gasteiger partial charge is 0.343 e. The minimum Gasteiger partial charge on any atom is -0.353 e. The van der Waals surface area contributed by atoms with Gasteiger partial charge in [-0.2, -0.15) is 9.98 Å². The molecule has 19 heavy (non-hydrogen) atoms. The summed E-state index contributed by atoms with van der Waals surface area (Å²) < 4.78 is 0. The summed E-state index contributed by atoms with van der Waals surface area (Å²) in [4.78, 5) is 35.7. The summed E-state index contributed by atoms with van der Waals surface area (Å²) in [5.41, 5.74) is 1.32. The van der Waals surface area contributed by atoms with Gasteiger partial charge >= 0.3 is 12.1 Å². The number of nitrogens with zero attached hydrogens (tertiary/aromatic N) is 4. The Balaban J connectivity index is 2.68. The van der Waals surface area contributed by atoms with Crippen LogP contribution >= 0.6 is 0 Å². The topological polar surface area (TPSA) is 81.1 Å². The van der Waals surface area contributed by atoms with Crippen LogP contribution < -0.4 is 0 Å². The van der Waals surface area contributed by atoms with Crippen LogP contribution in [0, 0.1) is 0 Å². The van der Waals surface area contributed by atoms with Crippen LogP contribution in [0.5, 0.6) is 0 Å². The van der Waals surface area contributed by atoms with Gasteiger partial charge in [-0.15, -0.1) is 0 Å². The molecule has 4 amide bonds. The third-order valence-electron chi connectivity index (χ3n) is 2.12. The number of amides is 4. The van der Waals surface area contributed by atoms with Gasteiger partial charge < -0.3 is 14.8 Å². The van der Waals surface area contributed by atoms with Gasteiger partial charge in [-0.1, -0.05) is 0 Å². The van der Waals surface area contributed by atoms with Gasteiger partial charge in [0.1, 0.15) is 0 Å². The Morgan fingerprint density at radius 3 is 1.63 bits per heavy atom. The molecule has 0 radical (unpaired) electrons. The van der Waals surface area contributed by atoms with Gasteiger partial charge in [-0.05, 0) is 12.1 Å². The molecule has 1 rings (SSSR count). The predicted molar refractivity (Wildman–Crippen MR) is 74.1 cm³/mol. The molecule has 0 saturated carbocycles. The molecule has 0 aliphatic rings. The zero-order chi connectivity index (χ0) is 14.4. The van der Waals surface area contributed by atoms with E-state index in [9.17, 15) is 9.59 Å². The molecule has 0 atom stereocenters. The van der Waals surface area contributed by atoms with Crippen molar-refractivity contribution in [1.29, 1.82) is 0 Å². The Bertz CT molecular complexity index is 469. The highest BCUT2D eigenvalue weighted by molar-refractivity contribution is 5.93. The first-order valence-electron chi connectivity index (χ1n) is 5.60. The van der Waals surface area contributed by atoms with E-state index in [1.54, 1.807) is 40.3 Å². The zero-order valence-electron chi connectivity index (χ0n) is 11.4. The van der Waals surface area contributed by atoms with Gasteiger partial charge in [-0.3, -0.25) is 0 Å². The Morgan fingerprint density at radius 1 is 0.947 bits per heavy atom. The van der Waals surface area contributed by atoms with Gasteiger partial charge in [-0.25, -0.2) is 9.59 Å². The highest BCUT2D eigenvalue weighted by Crippen LogP contribution is 1.98. The quantitative estimate of drug-likeness (QED) is 0.814. The van der Waals surface area contributed by atoms with Crippen molar-refractivity contribution in [2.24, 2.45) is 9.98 Å². The molecular weight excluding hydrogens is 246 g/mol. The van der Waals surface area contributed by atoms with E-state index in [-0.39, 0.29) is 12.1 Å². The lowest BCUT2D eigenvalue weighted by Gasteiger charge is -2.03. The second-order valence-electron chi connectivity index (χ2n) is 4.24. The maximum Gasteiger partial charge on any atom is 0.343 e. The second-order valence-corrected chi connectivity index (χ2v) is 4.24. The van der Waals surface area contributed by atoms with Crippen molar-refractivity contribution in [3.05, 3.63) is 23.5 Å². The molecule has 0 saturated heterocycles. The first-order chi connectivity index (χ1) is 8.90. The summed E-state index contributed by atoms with van der Waals surface area (Å²) in [6.07, 6.45) is 2.85. The van der Waals surface area contributed by atoms with Crippen LogP contribution in [0.3, 0.4) is 0 Å². The summed E-state index contributed by atoms with van der Waals surface area (Å²) in [7, 11) is 6.50. The van der Waals surface area contributed by atoms with E-state index in [1.807, 2.05) is 0 Å². The molecular formula is C12H17N5O2. The fourth-order valence-electron chi connectivity index (χ4n) is 1.06. The summed E-state index contributed by atoms with van der Waals surface area (Å²) in [6, 6.07) is 2.81. The lowest BCUT2D eigenvalue weighted by Crippen LogP contribution is -2.17. The summed E-state index contributed by atoms with van der Waals surface area (Å²) in [5.74, 6) is 0. The van der Waals surface area contributed by atoms with Crippen molar-refractivity contribution < 1.29 is 9.59 Å². The van der Waals surface area contributed by atoms with E-state index in [2.05, 4.69) is 15.0 Å². The van der Waals surface area contributed by atoms with Crippen molar-refractivity contribution in [3.8, 4) is 0 Å². The van der Waals surface area contributed by atoms with E-state index >= 15 is 0 Å². The molecule has 0 aliphatic heterocycles. The molecule has 0 aliphatic carbocycles. The van der Waals surface area contributed by atoms with Gasteiger partial charge in [0.25, 0.3) is 0 Å². The standard InChI is InChI=1S/C12H17N5O2/c1-16(2)11(18)13-7-9-5-6-10(15-9)8-14-12(19)17(3)4/h5-8,15H,1-4H3. The minimum atomic E-state index is -0.340. The molecule has 7 heteroatoms. The van der Waals surface area contributed by atoms with E-state index in [0.29, 0.717) is 11.4 Å². The highest BCUT2D eigenvalue weighted by Gasteiger charge is 2.01. The van der Waals surface area contributed by atoms with Crippen molar-refractivity contribution in [2.75, 3.05) is 28.2 Å². The second kappa shape index (κ2) is 6.48. The molecule has 1 aromatic rings. The van der Waals surface area contributed by atoms with Gasteiger partial charge in [0.05, 0.1) is 23.8 Å². The maximum absolute atomic E-state index is 11.3. The molecule has 7 nitrogen and oxygen atoms in total. The normalized spacial score (nSPS) is 11.2. The highest BCUT2D eigenvalue weighted by atomic mass is 16.2. The Kier molecular flexibility index (Phi) is 4.99. The fourth-order valence-corrected chi connectivity index (χ4v) is 1.06. The average molecular weight is 263 g/mol. The largest absolute Gasteiger partial charge is 0.353 e. The lowest BCUT2D eigenvalue weighted by molar-refractivity contribution is 0.226. The number of urea groups is 2. The molecule has 0 unspecified atom stereocenters. The van der Waals surface area contributed by atoms with Gasteiger partial charge in [0.2, 0.25) is 0 Å². The van der Waals surface area contributed by atoms with E-state index in [0.717, 1.165) is 0 Å². The predicted octanol–water partition coefficient (Wildman–Crippen LogP) is 1.22. The molecule has 0 aromatic carbocycles. The van der Waals surface area contributed by atoms with Crippen LogP contribution in [0.4, 0.5) is 9.59 Å².